The lowest BCUT2D eigenvalue weighted by molar-refractivity contribution is 0.221. The Labute approximate surface area is 153 Å². The predicted molar refractivity (Wildman–Crippen MR) is 98.8 cm³/mol. The number of aryl methyl sites for hydroxylation is 1. The molecule has 0 radical (unpaired) electrons. The van der Waals surface area contributed by atoms with Gasteiger partial charge in [-0.2, -0.15) is 0 Å². The molecule has 26 heavy (non-hydrogen) atoms. The molecule has 0 unspecified atom stereocenters. The molecule has 2 aromatic carbocycles. The number of phenols is 1. The van der Waals surface area contributed by atoms with E-state index in [-0.39, 0.29) is 0 Å². The van der Waals surface area contributed by atoms with Crippen LogP contribution in [-0.2, 0) is 13.0 Å². The van der Waals surface area contributed by atoms with Gasteiger partial charge in [0.15, 0.2) is 0 Å². The van der Waals surface area contributed by atoms with Gasteiger partial charge in [-0.25, -0.2) is 0 Å². The smallest absolute Gasteiger partial charge is 0.230 e. The summed E-state index contributed by atoms with van der Waals surface area (Å²) in [6, 6.07) is 16.1. The van der Waals surface area contributed by atoms with Crippen LogP contribution in [0.5, 0.6) is 5.75 Å². The molecule has 3 aromatic rings. The fraction of sp³-hybridized carbons (Fsp3) is 0.333. The number of aromatic hydroxyl groups is 1. The van der Waals surface area contributed by atoms with Crippen molar-refractivity contribution in [2.24, 2.45) is 0 Å². The van der Waals surface area contributed by atoms with E-state index in [1.165, 1.54) is 16.7 Å². The van der Waals surface area contributed by atoms with E-state index in [9.17, 15) is 5.11 Å². The van der Waals surface area contributed by atoms with Gasteiger partial charge in [0.1, 0.15) is 5.75 Å². The lowest BCUT2D eigenvalue weighted by Gasteiger charge is -2.23. The molecule has 1 aliphatic rings. The lowest BCUT2D eigenvalue weighted by Crippen LogP contribution is -2.22. The van der Waals surface area contributed by atoms with E-state index in [0.29, 0.717) is 36.5 Å². The zero-order chi connectivity index (χ0) is 17.9. The van der Waals surface area contributed by atoms with Crippen LogP contribution in [0.3, 0.4) is 0 Å². The number of rotatable bonds is 5. The summed E-state index contributed by atoms with van der Waals surface area (Å²) in [6.45, 7) is 3.77. The van der Waals surface area contributed by atoms with Crippen LogP contribution in [0.25, 0.3) is 0 Å². The van der Waals surface area contributed by atoms with Crippen molar-refractivity contribution in [3.63, 3.8) is 0 Å². The van der Waals surface area contributed by atoms with Gasteiger partial charge in [0.2, 0.25) is 11.8 Å². The Morgan fingerprint density at radius 3 is 2.65 bits per heavy atom. The number of hydrogen-bond donors (Lipinski definition) is 1. The molecule has 0 amide bonds. The van der Waals surface area contributed by atoms with Gasteiger partial charge in [-0.05, 0) is 55.1 Å². The second-order valence-electron chi connectivity index (χ2n) is 6.91. The van der Waals surface area contributed by atoms with Crippen molar-refractivity contribution in [3.8, 4) is 5.75 Å². The Morgan fingerprint density at radius 1 is 1.08 bits per heavy atom. The van der Waals surface area contributed by atoms with Crippen molar-refractivity contribution < 1.29 is 9.52 Å². The first-order valence-electron chi connectivity index (χ1n) is 9.08. The molecule has 1 aliphatic heterocycles. The molecule has 1 fully saturated rings. The Hall–Kier alpha value is -2.66. The molecule has 0 saturated carbocycles. The van der Waals surface area contributed by atoms with Gasteiger partial charge in [0.05, 0.1) is 13.0 Å². The zero-order valence-corrected chi connectivity index (χ0v) is 14.9. The molecule has 1 aromatic heterocycles. The Morgan fingerprint density at radius 2 is 1.85 bits per heavy atom. The summed E-state index contributed by atoms with van der Waals surface area (Å²) >= 11 is 0. The quantitative estimate of drug-likeness (QED) is 0.754. The molecular formula is C21H23N3O2. The van der Waals surface area contributed by atoms with E-state index in [1.807, 2.05) is 24.3 Å². The fourth-order valence-electron chi connectivity index (χ4n) is 3.66. The summed E-state index contributed by atoms with van der Waals surface area (Å²) in [5.41, 5.74) is 3.67. The molecule has 4 rings (SSSR count). The lowest BCUT2D eigenvalue weighted by atomic mass is 10.0. The first-order valence-corrected chi connectivity index (χ1v) is 9.08. The third-order valence-electron chi connectivity index (χ3n) is 5.09. The highest BCUT2D eigenvalue weighted by atomic mass is 16.4. The zero-order valence-electron chi connectivity index (χ0n) is 14.9. The first-order chi connectivity index (χ1) is 12.7. The molecule has 0 spiro atoms. The Kier molecular flexibility index (Phi) is 4.71. The molecule has 1 atom stereocenters. The minimum absolute atomic E-state index is 0.302. The van der Waals surface area contributed by atoms with Crippen molar-refractivity contribution >= 4 is 0 Å². The van der Waals surface area contributed by atoms with Gasteiger partial charge in [-0.15, -0.1) is 10.2 Å². The number of aromatic nitrogens is 2. The van der Waals surface area contributed by atoms with Crippen molar-refractivity contribution in [1.82, 2.24) is 15.1 Å². The molecule has 5 heteroatoms. The average Bonchev–Trinajstić information content (AvgIpc) is 3.28. The van der Waals surface area contributed by atoms with Crippen LogP contribution in [0.2, 0.25) is 0 Å². The normalized spacial score (nSPS) is 17.7. The Balaban J connectivity index is 1.45. The highest BCUT2D eigenvalue weighted by molar-refractivity contribution is 5.29. The van der Waals surface area contributed by atoms with Crippen molar-refractivity contribution in [1.29, 1.82) is 0 Å². The van der Waals surface area contributed by atoms with E-state index in [0.717, 1.165) is 19.4 Å². The molecule has 5 nitrogen and oxygen atoms in total. The van der Waals surface area contributed by atoms with Gasteiger partial charge in [-0.3, -0.25) is 4.90 Å². The van der Waals surface area contributed by atoms with Crippen molar-refractivity contribution in [2.45, 2.75) is 38.8 Å². The van der Waals surface area contributed by atoms with Crippen molar-refractivity contribution in [3.05, 3.63) is 77.0 Å². The topological polar surface area (TPSA) is 62.4 Å². The molecule has 1 saturated heterocycles. The maximum atomic E-state index is 9.50. The molecular weight excluding hydrogens is 326 g/mol. The van der Waals surface area contributed by atoms with Crippen LogP contribution < -0.4 is 0 Å². The highest BCUT2D eigenvalue weighted by Crippen LogP contribution is 2.33. The van der Waals surface area contributed by atoms with E-state index in [2.05, 4.69) is 34.2 Å². The first kappa shape index (κ1) is 16.8. The standard InChI is InChI=1S/C21H23N3O2/c1-15-5-2-3-6-17(15)13-20-22-23-21(26-20)14-24-12-4-7-19(24)16-8-10-18(25)11-9-16/h2-3,5-6,8-11,19,25H,4,7,12-14H2,1H3/t19-/m0/s1. The predicted octanol–water partition coefficient (Wildman–Crippen LogP) is 4.01. The second-order valence-corrected chi connectivity index (χ2v) is 6.91. The van der Waals surface area contributed by atoms with Crippen molar-refractivity contribution in [2.75, 3.05) is 6.54 Å². The van der Waals surface area contributed by atoms with Gasteiger partial charge >= 0.3 is 0 Å². The third-order valence-corrected chi connectivity index (χ3v) is 5.09. The van der Waals surface area contributed by atoms with Crippen LogP contribution in [0.15, 0.2) is 52.9 Å². The SMILES string of the molecule is Cc1ccccc1Cc1nnc(CN2CCC[C@H]2c2ccc(O)cc2)o1. The summed E-state index contributed by atoms with van der Waals surface area (Å²) in [5, 5.41) is 18.0. The highest BCUT2D eigenvalue weighted by Gasteiger charge is 2.27. The van der Waals surface area contributed by atoms with E-state index in [4.69, 9.17) is 4.42 Å². The monoisotopic (exact) mass is 349 g/mol. The molecule has 2 heterocycles. The van der Waals surface area contributed by atoms with Gasteiger partial charge in [0, 0.05) is 6.04 Å². The average molecular weight is 349 g/mol. The third kappa shape index (κ3) is 3.63. The summed E-state index contributed by atoms with van der Waals surface area (Å²) in [7, 11) is 0. The van der Waals surface area contributed by atoms with Crippen LogP contribution in [0.4, 0.5) is 0 Å². The maximum absolute atomic E-state index is 9.50. The van der Waals surface area contributed by atoms with Crippen LogP contribution >= 0.6 is 0 Å². The number of hydrogen-bond acceptors (Lipinski definition) is 5. The second kappa shape index (κ2) is 7.30. The molecule has 0 aliphatic carbocycles. The number of likely N-dealkylation sites (tertiary alicyclic amines) is 1. The fourth-order valence-corrected chi connectivity index (χ4v) is 3.66. The number of phenolic OH excluding ortho intramolecular Hbond substituents is 1. The maximum Gasteiger partial charge on any atom is 0.230 e. The van der Waals surface area contributed by atoms with E-state index in [1.54, 1.807) is 12.1 Å². The minimum atomic E-state index is 0.302. The Bertz CT molecular complexity index is 873. The number of nitrogens with zero attached hydrogens (tertiary/aromatic N) is 3. The van der Waals surface area contributed by atoms with Crippen LogP contribution in [0, 0.1) is 6.92 Å². The minimum Gasteiger partial charge on any atom is -0.508 e. The van der Waals surface area contributed by atoms with Gasteiger partial charge in [-0.1, -0.05) is 36.4 Å². The summed E-state index contributed by atoms with van der Waals surface area (Å²) in [5.74, 6) is 1.63. The molecule has 1 N–H and O–H groups in total. The number of benzene rings is 2. The van der Waals surface area contributed by atoms with E-state index < -0.39 is 0 Å². The molecule has 134 valence electrons. The summed E-state index contributed by atoms with van der Waals surface area (Å²) in [4.78, 5) is 2.37. The summed E-state index contributed by atoms with van der Waals surface area (Å²) < 4.78 is 5.90. The van der Waals surface area contributed by atoms with Gasteiger partial charge < -0.3 is 9.52 Å². The largest absolute Gasteiger partial charge is 0.508 e. The summed E-state index contributed by atoms with van der Waals surface area (Å²) in [6.07, 6.45) is 2.92. The van der Waals surface area contributed by atoms with E-state index >= 15 is 0 Å². The van der Waals surface area contributed by atoms with Crippen LogP contribution in [-0.4, -0.2) is 26.7 Å². The van der Waals surface area contributed by atoms with Gasteiger partial charge in [0.25, 0.3) is 0 Å². The van der Waals surface area contributed by atoms with Crippen LogP contribution in [0.1, 0.15) is 47.4 Å². The molecule has 0 bridgehead atoms.